The normalized spacial score (nSPS) is 18.6. The summed E-state index contributed by atoms with van der Waals surface area (Å²) in [7, 11) is 0. The van der Waals surface area contributed by atoms with Crippen LogP contribution in [0.1, 0.15) is 36.8 Å². The average Bonchev–Trinajstić information content (AvgIpc) is 2.65. The molecule has 1 aromatic carbocycles. The highest BCUT2D eigenvalue weighted by atomic mass is 32.2. The van der Waals surface area contributed by atoms with E-state index in [0.29, 0.717) is 6.54 Å². The fourth-order valence-electron chi connectivity index (χ4n) is 3.64. The van der Waals surface area contributed by atoms with E-state index in [1.807, 2.05) is 17.9 Å². The monoisotopic (exact) mass is 384 g/mol. The maximum Gasteiger partial charge on any atom is 0.240 e. The number of carbonyl (C=O) groups excluding carboxylic acids is 1. The van der Waals surface area contributed by atoms with Crippen molar-refractivity contribution < 1.29 is 4.79 Å². The molecule has 0 aliphatic carbocycles. The van der Waals surface area contributed by atoms with E-state index in [2.05, 4.69) is 52.7 Å². The summed E-state index contributed by atoms with van der Waals surface area (Å²) >= 11 is 1.77. The summed E-state index contributed by atoms with van der Waals surface area (Å²) < 4.78 is 0. The topological polar surface area (TPSA) is 58.1 Å². The molecule has 2 heterocycles. The Balaban J connectivity index is 1.60. The zero-order valence-corrected chi connectivity index (χ0v) is 17.1. The number of piperidine rings is 1. The van der Waals surface area contributed by atoms with Crippen molar-refractivity contribution in [2.24, 2.45) is 0 Å². The van der Waals surface area contributed by atoms with E-state index in [-0.39, 0.29) is 18.0 Å². The first-order chi connectivity index (χ1) is 13.1. The molecule has 1 aliphatic heterocycles. The van der Waals surface area contributed by atoms with Gasteiger partial charge in [0.05, 0.1) is 18.3 Å². The van der Waals surface area contributed by atoms with E-state index in [1.54, 1.807) is 18.0 Å². The van der Waals surface area contributed by atoms with Gasteiger partial charge in [0.2, 0.25) is 5.91 Å². The maximum atomic E-state index is 12.9. The van der Waals surface area contributed by atoms with Crippen molar-refractivity contribution in [3.8, 4) is 0 Å². The molecule has 144 valence electrons. The van der Waals surface area contributed by atoms with Crippen molar-refractivity contribution in [2.45, 2.75) is 56.6 Å². The molecular weight excluding hydrogens is 356 g/mol. The zero-order valence-electron chi connectivity index (χ0n) is 16.3. The van der Waals surface area contributed by atoms with Crippen LogP contribution in [0.15, 0.2) is 41.4 Å². The molecule has 1 aliphatic rings. The third-order valence-electron chi connectivity index (χ3n) is 4.92. The summed E-state index contributed by atoms with van der Waals surface area (Å²) in [6.45, 7) is 5.39. The number of aromatic nitrogens is 2. The minimum atomic E-state index is -0.113. The molecule has 6 heteroatoms. The van der Waals surface area contributed by atoms with Crippen molar-refractivity contribution >= 4 is 17.7 Å². The lowest BCUT2D eigenvalue weighted by atomic mass is 10.0. The Morgan fingerprint density at radius 1 is 1.33 bits per heavy atom. The van der Waals surface area contributed by atoms with Gasteiger partial charge in [-0.2, -0.15) is 0 Å². The highest BCUT2D eigenvalue weighted by Crippen LogP contribution is 2.22. The minimum Gasteiger partial charge on any atom is -0.335 e. The van der Waals surface area contributed by atoms with Crippen LogP contribution in [0, 0.1) is 6.92 Å². The summed E-state index contributed by atoms with van der Waals surface area (Å²) in [4.78, 5) is 24.7. The number of carbonyl (C=O) groups is 1. The number of rotatable bonds is 7. The van der Waals surface area contributed by atoms with E-state index in [1.165, 1.54) is 10.5 Å². The smallest absolute Gasteiger partial charge is 0.240 e. The summed E-state index contributed by atoms with van der Waals surface area (Å²) in [5, 5.41) is 3.56. The Hall–Kier alpha value is -1.92. The van der Waals surface area contributed by atoms with Gasteiger partial charge in [-0.1, -0.05) is 18.2 Å². The molecule has 0 spiro atoms. The molecule has 2 unspecified atom stereocenters. The van der Waals surface area contributed by atoms with Crippen LogP contribution < -0.4 is 5.32 Å². The lowest BCUT2D eigenvalue weighted by molar-refractivity contribution is -0.136. The molecule has 0 radical (unpaired) electrons. The zero-order chi connectivity index (χ0) is 19.2. The summed E-state index contributed by atoms with van der Waals surface area (Å²) in [5.41, 5.74) is 2.24. The Bertz CT molecular complexity index is 782. The van der Waals surface area contributed by atoms with Crippen molar-refractivity contribution in [3.63, 3.8) is 0 Å². The highest BCUT2D eigenvalue weighted by molar-refractivity contribution is 7.98. The molecule has 2 aromatic rings. The molecule has 1 fully saturated rings. The predicted octanol–water partition coefficient (Wildman–Crippen LogP) is 3.22. The predicted molar refractivity (Wildman–Crippen MR) is 110 cm³/mol. The maximum absolute atomic E-state index is 12.9. The van der Waals surface area contributed by atoms with Crippen LogP contribution in [0.2, 0.25) is 0 Å². The molecule has 27 heavy (non-hydrogen) atoms. The number of amides is 1. The van der Waals surface area contributed by atoms with Gasteiger partial charge >= 0.3 is 0 Å². The van der Waals surface area contributed by atoms with Gasteiger partial charge in [0.15, 0.2) is 0 Å². The van der Waals surface area contributed by atoms with Crippen molar-refractivity contribution in [1.82, 2.24) is 20.2 Å². The highest BCUT2D eigenvalue weighted by Gasteiger charge is 2.29. The van der Waals surface area contributed by atoms with E-state index < -0.39 is 0 Å². The van der Waals surface area contributed by atoms with Gasteiger partial charge in [0.1, 0.15) is 5.82 Å². The molecule has 5 nitrogen and oxygen atoms in total. The van der Waals surface area contributed by atoms with Crippen molar-refractivity contribution in [1.29, 1.82) is 0 Å². The van der Waals surface area contributed by atoms with Gasteiger partial charge in [-0.3, -0.25) is 4.79 Å². The molecule has 1 amide bonds. The van der Waals surface area contributed by atoms with Gasteiger partial charge in [0, 0.05) is 23.7 Å². The van der Waals surface area contributed by atoms with Crippen molar-refractivity contribution in [2.75, 3.05) is 12.8 Å². The van der Waals surface area contributed by atoms with E-state index in [9.17, 15) is 4.79 Å². The third kappa shape index (κ3) is 5.30. The molecule has 1 aromatic heterocycles. The van der Waals surface area contributed by atoms with E-state index in [0.717, 1.165) is 37.3 Å². The summed E-state index contributed by atoms with van der Waals surface area (Å²) in [6.07, 6.45) is 6.70. The van der Waals surface area contributed by atoms with Crippen LogP contribution in [-0.4, -0.2) is 45.7 Å². The number of aryl methyl sites for hydroxylation is 1. The van der Waals surface area contributed by atoms with E-state index in [4.69, 9.17) is 0 Å². The van der Waals surface area contributed by atoms with E-state index >= 15 is 0 Å². The quantitative estimate of drug-likeness (QED) is 0.743. The van der Waals surface area contributed by atoms with Crippen LogP contribution in [0.5, 0.6) is 0 Å². The molecular formula is C21H28N4OS. The fraction of sp³-hybridized carbons (Fsp3) is 0.476. The lowest BCUT2D eigenvalue weighted by Crippen LogP contribution is -2.52. The summed E-state index contributed by atoms with van der Waals surface area (Å²) in [6, 6.07) is 10.5. The SMILES string of the molecule is CSc1ccccc1CC(C)NC1CCCN(Cc2ccnc(C)n2)C1=O. The number of thioether (sulfide) groups is 1. The molecule has 0 bridgehead atoms. The van der Waals surface area contributed by atoms with Gasteiger partial charge in [-0.25, -0.2) is 9.97 Å². The van der Waals surface area contributed by atoms with Crippen LogP contribution in [0.4, 0.5) is 0 Å². The second kappa shape index (κ2) is 9.33. The molecule has 1 saturated heterocycles. The second-order valence-corrected chi connectivity index (χ2v) is 7.98. The van der Waals surface area contributed by atoms with Gasteiger partial charge in [0.25, 0.3) is 0 Å². The first-order valence-electron chi connectivity index (χ1n) is 9.52. The largest absolute Gasteiger partial charge is 0.335 e. The standard InChI is InChI=1S/C21H28N4OS/c1-15(13-17-7-4-5-9-20(17)27-3)23-19-8-6-12-25(21(19)26)14-18-10-11-22-16(2)24-18/h4-5,7,9-11,15,19,23H,6,8,12-14H2,1-3H3. The molecule has 2 atom stereocenters. The van der Waals surface area contributed by atoms with Gasteiger partial charge < -0.3 is 10.2 Å². The first-order valence-corrected chi connectivity index (χ1v) is 10.7. The lowest BCUT2D eigenvalue weighted by Gasteiger charge is -2.34. The number of hydrogen-bond donors (Lipinski definition) is 1. The van der Waals surface area contributed by atoms with Gasteiger partial charge in [-0.15, -0.1) is 11.8 Å². The average molecular weight is 385 g/mol. The Labute approximate surface area is 166 Å². The Morgan fingerprint density at radius 2 is 2.15 bits per heavy atom. The number of nitrogens with one attached hydrogen (secondary N) is 1. The van der Waals surface area contributed by atoms with Crippen LogP contribution in [0.3, 0.4) is 0 Å². The fourth-order valence-corrected chi connectivity index (χ4v) is 4.27. The Kier molecular flexibility index (Phi) is 6.85. The van der Waals surface area contributed by atoms with Crippen LogP contribution in [0.25, 0.3) is 0 Å². The number of hydrogen-bond acceptors (Lipinski definition) is 5. The Morgan fingerprint density at radius 3 is 2.93 bits per heavy atom. The van der Waals surface area contributed by atoms with Gasteiger partial charge in [-0.05, 0) is 57.1 Å². The van der Waals surface area contributed by atoms with Crippen LogP contribution >= 0.6 is 11.8 Å². The number of nitrogens with zero attached hydrogens (tertiary/aromatic N) is 3. The van der Waals surface area contributed by atoms with Crippen molar-refractivity contribution in [3.05, 3.63) is 53.6 Å². The minimum absolute atomic E-state index is 0.113. The second-order valence-electron chi connectivity index (χ2n) is 7.13. The van der Waals surface area contributed by atoms with Crippen LogP contribution in [-0.2, 0) is 17.8 Å². The third-order valence-corrected chi connectivity index (χ3v) is 5.76. The summed E-state index contributed by atoms with van der Waals surface area (Å²) in [5.74, 6) is 0.926. The molecule has 0 saturated carbocycles. The molecule has 3 rings (SSSR count). The number of benzene rings is 1. The number of likely N-dealkylation sites (tertiary alicyclic amines) is 1. The first kappa shape index (κ1) is 19.8. The molecule has 1 N–H and O–H groups in total.